The highest BCUT2D eigenvalue weighted by atomic mass is 16.5. The van der Waals surface area contributed by atoms with Crippen LogP contribution in [0.5, 0.6) is 0 Å². The Kier molecular flexibility index (Phi) is 6.24. The molecular weight excluding hydrogens is 448 g/mol. The summed E-state index contributed by atoms with van der Waals surface area (Å²) >= 11 is 0. The maximum Gasteiger partial charge on any atom is 0.355 e. The summed E-state index contributed by atoms with van der Waals surface area (Å²) in [5.41, 5.74) is 14.3. The zero-order valence-corrected chi connectivity index (χ0v) is 19.0. The number of benzene rings is 2. The lowest BCUT2D eigenvalue weighted by atomic mass is 9.81. The molecule has 0 fully saturated rings. The Bertz CT molecular complexity index is 1400. The quantitative estimate of drug-likeness (QED) is 0.423. The molecule has 0 radical (unpaired) electrons. The largest absolute Gasteiger partial charge is 0.466 e. The zero-order valence-electron chi connectivity index (χ0n) is 19.0. The number of aromatic nitrogens is 2. The lowest BCUT2D eigenvalue weighted by Gasteiger charge is -2.35. The molecule has 1 unspecified atom stereocenters. The van der Waals surface area contributed by atoms with Gasteiger partial charge in [0.1, 0.15) is 11.5 Å². The minimum atomic E-state index is -0.946. The van der Waals surface area contributed by atoms with Crippen LogP contribution in [0.15, 0.2) is 89.7 Å². The molecule has 4 rings (SSSR count). The third-order valence-corrected chi connectivity index (χ3v) is 5.62. The number of nitriles is 1. The van der Waals surface area contributed by atoms with Crippen molar-refractivity contribution < 1.29 is 19.1 Å². The number of nitrogens with two attached hydrogens (primary N) is 2. The monoisotopic (exact) mass is 470 g/mol. The average molecular weight is 470 g/mol. The van der Waals surface area contributed by atoms with Crippen molar-refractivity contribution in [3.63, 3.8) is 0 Å². The number of esters is 2. The SMILES string of the molecule is COC(=O)C1=C(C(=O)OC)N(c2cnn(-c3ccccc3N)c2)C(N)=C(C#N)C1c1ccccc1. The molecule has 0 bridgehead atoms. The highest BCUT2D eigenvalue weighted by molar-refractivity contribution is 6.06. The second-order valence-corrected chi connectivity index (χ2v) is 7.54. The average Bonchev–Trinajstić information content (AvgIpc) is 3.37. The van der Waals surface area contributed by atoms with E-state index in [0.29, 0.717) is 22.6 Å². The molecule has 2 aromatic carbocycles. The second-order valence-electron chi connectivity index (χ2n) is 7.54. The van der Waals surface area contributed by atoms with Crippen LogP contribution in [0.1, 0.15) is 11.5 Å². The van der Waals surface area contributed by atoms with Crippen LogP contribution in [0.2, 0.25) is 0 Å². The van der Waals surface area contributed by atoms with Crippen LogP contribution in [-0.4, -0.2) is 35.9 Å². The number of carbonyl (C=O) groups excluding carboxylic acids is 2. The van der Waals surface area contributed by atoms with Gasteiger partial charge in [0.05, 0.1) is 66.8 Å². The first kappa shape index (κ1) is 23.1. The number of hydrogen-bond acceptors (Lipinski definition) is 9. The molecule has 10 nitrogen and oxygen atoms in total. The lowest BCUT2D eigenvalue weighted by Crippen LogP contribution is -2.40. The van der Waals surface area contributed by atoms with Crippen LogP contribution in [-0.2, 0) is 19.1 Å². The second kappa shape index (κ2) is 9.44. The van der Waals surface area contributed by atoms with E-state index in [4.69, 9.17) is 20.9 Å². The van der Waals surface area contributed by atoms with Gasteiger partial charge in [-0.25, -0.2) is 14.3 Å². The van der Waals surface area contributed by atoms with Crippen molar-refractivity contribution in [1.82, 2.24) is 9.78 Å². The fraction of sp³-hybridized carbons (Fsp3) is 0.120. The molecule has 176 valence electrons. The third kappa shape index (κ3) is 3.95. The number of para-hydroxylation sites is 2. The van der Waals surface area contributed by atoms with Gasteiger partial charge in [0.15, 0.2) is 0 Å². The van der Waals surface area contributed by atoms with Crippen molar-refractivity contribution in [2.24, 2.45) is 5.73 Å². The summed E-state index contributed by atoms with van der Waals surface area (Å²) in [5, 5.41) is 14.4. The summed E-state index contributed by atoms with van der Waals surface area (Å²) in [6, 6.07) is 18.0. The fourth-order valence-corrected chi connectivity index (χ4v) is 4.04. The number of allylic oxidation sites excluding steroid dienone is 1. The van der Waals surface area contributed by atoms with Gasteiger partial charge >= 0.3 is 11.9 Å². The van der Waals surface area contributed by atoms with E-state index in [2.05, 4.69) is 11.2 Å². The number of methoxy groups -OCH3 is 2. The van der Waals surface area contributed by atoms with Gasteiger partial charge in [-0.05, 0) is 17.7 Å². The first-order valence-electron chi connectivity index (χ1n) is 10.5. The summed E-state index contributed by atoms with van der Waals surface area (Å²) in [6.07, 6.45) is 3.02. The Morgan fingerprint density at radius 1 is 1.00 bits per heavy atom. The van der Waals surface area contributed by atoms with Gasteiger partial charge < -0.3 is 20.9 Å². The maximum absolute atomic E-state index is 13.1. The van der Waals surface area contributed by atoms with Crippen molar-refractivity contribution in [2.75, 3.05) is 24.9 Å². The Morgan fingerprint density at radius 3 is 2.29 bits per heavy atom. The number of hydrogen-bond donors (Lipinski definition) is 2. The van der Waals surface area contributed by atoms with Crippen molar-refractivity contribution in [2.45, 2.75) is 5.92 Å². The Balaban J connectivity index is 1.99. The van der Waals surface area contributed by atoms with Crippen molar-refractivity contribution in [1.29, 1.82) is 5.26 Å². The minimum absolute atomic E-state index is 0.0463. The highest BCUT2D eigenvalue weighted by Gasteiger charge is 2.43. The molecule has 35 heavy (non-hydrogen) atoms. The van der Waals surface area contributed by atoms with Gasteiger partial charge in [0.25, 0.3) is 0 Å². The van der Waals surface area contributed by atoms with E-state index in [0.717, 1.165) is 0 Å². The predicted octanol–water partition coefficient (Wildman–Crippen LogP) is 2.35. The lowest BCUT2D eigenvalue weighted by molar-refractivity contribution is -0.139. The van der Waals surface area contributed by atoms with Crippen LogP contribution >= 0.6 is 0 Å². The van der Waals surface area contributed by atoms with E-state index in [1.165, 1.54) is 30.0 Å². The standard InChI is InChI=1S/C25H22N6O4/c1-34-24(32)21-20(15-8-4-3-5-9-15)17(12-26)23(28)31(22(21)25(33)35-2)16-13-29-30(14-16)19-11-7-6-10-18(19)27/h3-11,13-14,20H,27-28H2,1-2H3. The zero-order chi connectivity index (χ0) is 25.1. The van der Waals surface area contributed by atoms with Crippen molar-refractivity contribution in [3.05, 3.63) is 95.2 Å². The first-order valence-corrected chi connectivity index (χ1v) is 10.5. The molecule has 4 N–H and O–H groups in total. The number of nitrogen functional groups attached to an aromatic ring is 1. The molecule has 0 aliphatic carbocycles. The van der Waals surface area contributed by atoms with Gasteiger partial charge in [-0.15, -0.1) is 0 Å². The van der Waals surface area contributed by atoms with Gasteiger partial charge in [-0.3, -0.25) is 4.90 Å². The van der Waals surface area contributed by atoms with Crippen molar-refractivity contribution >= 4 is 23.3 Å². The summed E-state index contributed by atoms with van der Waals surface area (Å²) in [6.45, 7) is 0. The van der Waals surface area contributed by atoms with E-state index in [9.17, 15) is 14.9 Å². The van der Waals surface area contributed by atoms with Gasteiger partial charge in [0.2, 0.25) is 0 Å². The smallest absolute Gasteiger partial charge is 0.355 e. The maximum atomic E-state index is 13.1. The molecule has 0 saturated carbocycles. The van der Waals surface area contributed by atoms with E-state index in [1.54, 1.807) is 60.8 Å². The van der Waals surface area contributed by atoms with Gasteiger partial charge in [-0.1, -0.05) is 42.5 Å². The summed E-state index contributed by atoms with van der Waals surface area (Å²) in [7, 11) is 2.38. The van der Waals surface area contributed by atoms with E-state index >= 15 is 0 Å². The number of nitrogens with zero attached hydrogens (tertiary/aromatic N) is 4. The number of ether oxygens (including phenoxy) is 2. The van der Waals surface area contributed by atoms with Crippen LogP contribution in [0.4, 0.5) is 11.4 Å². The van der Waals surface area contributed by atoms with Crippen molar-refractivity contribution in [3.8, 4) is 11.8 Å². The first-order chi connectivity index (χ1) is 16.9. The molecule has 1 aliphatic rings. The van der Waals surface area contributed by atoms with Gasteiger partial charge in [0, 0.05) is 0 Å². The molecule has 1 aliphatic heterocycles. The summed E-state index contributed by atoms with van der Waals surface area (Å²) in [4.78, 5) is 27.4. The molecule has 0 saturated heterocycles. The van der Waals surface area contributed by atoms with Gasteiger partial charge in [-0.2, -0.15) is 10.4 Å². The Hall–Kier alpha value is -5.04. The van der Waals surface area contributed by atoms with Crippen LogP contribution in [0.25, 0.3) is 5.69 Å². The summed E-state index contributed by atoms with van der Waals surface area (Å²) in [5.74, 6) is -2.63. The molecule has 0 spiro atoms. The molecule has 10 heteroatoms. The molecule has 3 aromatic rings. The van der Waals surface area contributed by atoms with E-state index in [1.807, 2.05) is 0 Å². The van der Waals surface area contributed by atoms with Crippen LogP contribution in [0, 0.1) is 11.3 Å². The minimum Gasteiger partial charge on any atom is -0.466 e. The number of anilines is 2. The number of carbonyl (C=O) groups is 2. The predicted molar refractivity (Wildman–Crippen MR) is 128 cm³/mol. The molecule has 1 atom stereocenters. The topological polar surface area (TPSA) is 149 Å². The molecule has 1 aromatic heterocycles. The van der Waals surface area contributed by atoms with E-state index < -0.39 is 17.9 Å². The number of rotatable bonds is 5. The molecule has 0 amide bonds. The Morgan fingerprint density at radius 2 is 1.66 bits per heavy atom. The normalized spacial score (nSPS) is 15.6. The Labute approximate surface area is 201 Å². The fourth-order valence-electron chi connectivity index (χ4n) is 4.04. The molecule has 2 heterocycles. The highest BCUT2D eigenvalue weighted by Crippen LogP contribution is 2.43. The van der Waals surface area contributed by atoms with Crippen LogP contribution in [0.3, 0.4) is 0 Å². The van der Waals surface area contributed by atoms with Crippen LogP contribution < -0.4 is 16.4 Å². The third-order valence-electron chi connectivity index (χ3n) is 5.62. The van der Waals surface area contributed by atoms with E-state index in [-0.39, 0.29) is 22.7 Å². The molecular formula is C25H22N6O4. The summed E-state index contributed by atoms with van der Waals surface area (Å²) < 4.78 is 11.6.